The van der Waals surface area contributed by atoms with Crippen molar-refractivity contribution >= 4 is 21.7 Å². The van der Waals surface area contributed by atoms with Crippen LogP contribution in [-0.4, -0.2) is 33.5 Å². The summed E-state index contributed by atoms with van der Waals surface area (Å²) < 4.78 is 44.3. The highest BCUT2D eigenvalue weighted by Crippen LogP contribution is 2.23. The number of pyridine rings is 1. The molecule has 1 aromatic carbocycles. The first kappa shape index (κ1) is 17.8. The third kappa shape index (κ3) is 3.69. The van der Waals surface area contributed by atoms with Crippen LogP contribution in [0.15, 0.2) is 35.2 Å². The average molecular weight is 353 g/mol. The molecule has 0 bridgehead atoms. The van der Waals surface area contributed by atoms with Crippen LogP contribution in [0, 0.1) is 12.7 Å². The van der Waals surface area contributed by atoms with Gasteiger partial charge in [-0.05, 0) is 44.3 Å². The maximum Gasteiger partial charge on any atom is 0.260 e. The number of anilines is 1. The molecule has 1 heterocycles. The van der Waals surface area contributed by atoms with Crippen molar-refractivity contribution in [1.29, 1.82) is 0 Å². The van der Waals surface area contributed by atoms with Gasteiger partial charge >= 0.3 is 0 Å². The standard InChI is InChI=1S/C15H16FN3O4S/c1-9-12(16)5-7-14(18-9)19-15(20)11-8-10(24(21,22)17-2)4-6-13(11)23-3/h4-8,17H,1-3H3,(H,18,19,20). The number of ether oxygens (including phenoxy) is 1. The minimum atomic E-state index is -3.72. The van der Waals surface area contributed by atoms with Gasteiger partial charge in [0.25, 0.3) is 5.91 Å². The normalized spacial score (nSPS) is 11.2. The predicted molar refractivity (Wildman–Crippen MR) is 86.1 cm³/mol. The van der Waals surface area contributed by atoms with E-state index in [1.165, 1.54) is 51.4 Å². The Labute approximate surface area is 138 Å². The molecule has 0 aliphatic heterocycles. The second-order valence-electron chi connectivity index (χ2n) is 4.79. The fraction of sp³-hybridized carbons (Fsp3) is 0.200. The van der Waals surface area contributed by atoms with E-state index in [1.54, 1.807) is 0 Å². The van der Waals surface area contributed by atoms with Crippen LogP contribution in [0.5, 0.6) is 5.75 Å². The number of amides is 1. The molecule has 24 heavy (non-hydrogen) atoms. The van der Waals surface area contributed by atoms with Gasteiger partial charge in [-0.15, -0.1) is 0 Å². The molecular formula is C15H16FN3O4S. The van der Waals surface area contributed by atoms with Crippen molar-refractivity contribution in [2.75, 3.05) is 19.5 Å². The van der Waals surface area contributed by atoms with E-state index in [1.807, 2.05) is 0 Å². The van der Waals surface area contributed by atoms with E-state index in [2.05, 4.69) is 15.0 Å². The molecule has 0 saturated heterocycles. The van der Waals surface area contributed by atoms with Gasteiger partial charge in [0.05, 0.1) is 23.3 Å². The van der Waals surface area contributed by atoms with E-state index in [0.717, 1.165) is 0 Å². The number of hydrogen-bond donors (Lipinski definition) is 2. The van der Waals surface area contributed by atoms with Crippen LogP contribution in [0.3, 0.4) is 0 Å². The highest BCUT2D eigenvalue weighted by Gasteiger charge is 2.19. The third-order valence-electron chi connectivity index (χ3n) is 3.26. The molecule has 0 unspecified atom stereocenters. The Balaban J connectivity index is 2.40. The van der Waals surface area contributed by atoms with Gasteiger partial charge in [0, 0.05) is 0 Å². The Hall–Kier alpha value is -2.52. The third-order valence-corrected chi connectivity index (χ3v) is 4.67. The van der Waals surface area contributed by atoms with Crippen LogP contribution in [0.4, 0.5) is 10.2 Å². The van der Waals surface area contributed by atoms with Crippen LogP contribution in [0.1, 0.15) is 16.1 Å². The Morgan fingerprint density at radius 3 is 2.54 bits per heavy atom. The molecule has 9 heteroatoms. The van der Waals surface area contributed by atoms with Gasteiger partial charge in [-0.25, -0.2) is 22.5 Å². The number of aryl methyl sites for hydroxylation is 1. The molecule has 0 fully saturated rings. The second kappa shape index (κ2) is 6.93. The summed E-state index contributed by atoms with van der Waals surface area (Å²) in [6.45, 7) is 1.46. The SMILES string of the molecule is CNS(=O)(=O)c1ccc(OC)c(C(=O)Nc2ccc(F)c(C)n2)c1. The summed E-state index contributed by atoms with van der Waals surface area (Å²) in [6.07, 6.45) is 0. The van der Waals surface area contributed by atoms with Crippen LogP contribution in [0.2, 0.25) is 0 Å². The van der Waals surface area contributed by atoms with Crippen LogP contribution in [-0.2, 0) is 10.0 Å². The maximum atomic E-state index is 13.2. The van der Waals surface area contributed by atoms with Crippen molar-refractivity contribution in [2.24, 2.45) is 0 Å². The summed E-state index contributed by atoms with van der Waals surface area (Å²) in [7, 11) is -1.09. The Morgan fingerprint density at radius 2 is 1.96 bits per heavy atom. The average Bonchev–Trinajstić information content (AvgIpc) is 2.57. The number of carbonyl (C=O) groups excluding carboxylic acids is 1. The highest BCUT2D eigenvalue weighted by molar-refractivity contribution is 7.89. The molecule has 0 radical (unpaired) electrons. The Morgan fingerprint density at radius 1 is 1.25 bits per heavy atom. The van der Waals surface area contributed by atoms with E-state index >= 15 is 0 Å². The molecule has 0 spiro atoms. The number of nitrogens with one attached hydrogen (secondary N) is 2. The molecule has 7 nitrogen and oxygen atoms in total. The van der Waals surface area contributed by atoms with Crippen molar-refractivity contribution < 1.29 is 22.3 Å². The minimum Gasteiger partial charge on any atom is -0.496 e. The maximum absolute atomic E-state index is 13.2. The molecule has 2 aromatic rings. The molecule has 0 aliphatic carbocycles. The first-order valence-corrected chi connectivity index (χ1v) is 8.33. The summed E-state index contributed by atoms with van der Waals surface area (Å²) >= 11 is 0. The van der Waals surface area contributed by atoms with Gasteiger partial charge in [-0.3, -0.25) is 4.79 Å². The van der Waals surface area contributed by atoms with Gasteiger partial charge in [0.2, 0.25) is 10.0 Å². The quantitative estimate of drug-likeness (QED) is 0.853. The van der Waals surface area contributed by atoms with Gasteiger partial charge in [0.1, 0.15) is 17.4 Å². The van der Waals surface area contributed by atoms with E-state index in [9.17, 15) is 17.6 Å². The molecule has 128 valence electrons. The Bertz CT molecular complexity index is 884. The minimum absolute atomic E-state index is 0.0117. The number of methoxy groups -OCH3 is 1. The lowest BCUT2D eigenvalue weighted by Gasteiger charge is -2.11. The topological polar surface area (TPSA) is 97.4 Å². The Kier molecular flexibility index (Phi) is 5.15. The van der Waals surface area contributed by atoms with Gasteiger partial charge in [0.15, 0.2) is 0 Å². The second-order valence-corrected chi connectivity index (χ2v) is 6.67. The van der Waals surface area contributed by atoms with Crippen LogP contribution in [0.25, 0.3) is 0 Å². The number of nitrogens with zero attached hydrogens (tertiary/aromatic N) is 1. The summed E-state index contributed by atoms with van der Waals surface area (Å²) in [5.74, 6) is -0.782. The van der Waals surface area contributed by atoms with E-state index in [0.29, 0.717) is 0 Å². The molecule has 1 amide bonds. The molecular weight excluding hydrogens is 337 g/mol. The molecule has 0 saturated carbocycles. The largest absolute Gasteiger partial charge is 0.496 e. The van der Waals surface area contributed by atoms with Gasteiger partial charge < -0.3 is 10.1 Å². The number of rotatable bonds is 5. The van der Waals surface area contributed by atoms with Gasteiger partial charge in [-0.1, -0.05) is 0 Å². The zero-order valence-electron chi connectivity index (χ0n) is 13.3. The van der Waals surface area contributed by atoms with E-state index in [4.69, 9.17) is 4.74 Å². The number of sulfonamides is 1. The number of hydrogen-bond acceptors (Lipinski definition) is 5. The van der Waals surface area contributed by atoms with Crippen molar-refractivity contribution in [1.82, 2.24) is 9.71 Å². The lowest BCUT2D eigenvalue weighted by atomic mass is 10.2. The fourth-order valence-electron chi connectivity index (χ4n) is 1.95. The monoisotopic (exact) mass is 353 g/mol. The lowest BCUT2D eigenvalue weighted by molar-refractivity contribution is 0.102. The lowest BCUT2D eigenvalue weighted by Crippen LogP contribution is -2.20. The van der Waals surface area contributed by atoms with Crippen molar-refractivity contribution in [3.05, 3.63) is 47.4 Å². The van der Waals surface area contributed by atoms with E-state index in [-0.39, 0.29) is 27.7 Å². The van der Waals surface area contributed by atoms with Crippen LogP contribution < -0.4 is 14.8 Å². The summed E-state index contributed by atoms with van der Waals surface area (Å²) in [4.78, 5) is 16.2. The zero-order valence-corrected chi connectivity index (χ0v) is 14.1. The predicted octanol–water partition coefficient (Wildman–Crippen LogP) is 1.70. The van der Waals surface area contributed by atoms with Crippen molar-refractivity contribution in [2.45, 2.75) is 11.8 Å². The van der Waals surface area contributed by atoms with Gasteiger partial charge in [-0.2, -0.15) is 0 Å². The number of halogens is 1. The fourth-order valence-corrected chi connectivity index (χ4v) is 2.70. The summed E-state index contributed by atoms with van der Waals surface area (Å²) in [6, 6.07) is 6.37. The first-order valence-electron chi connectivity index (χ1n) is 6.84. The number of aromatic nitrogens is 1. The first-order chi connectivity index (χ1) is 11.3. The zero-order chi connectivity index (χ0) is 17.9. The number of carbonyl (C=O) groups is 1. The smallest absolute Gasteiger partial charge is 0.260 e. The molecule has 1 aromatic heterocycles. The van der Waals surface area contributed by atoms with Crippen molar-refractivity contribution in [3.8, 4) is 5.75 Å². The number of benzene rings is 1. The molecule has 2 rings (SSSR count). The van der Waals surface area contributed by atoms with Crippen molar-refractivity contribution in [3.63, 3.8) is 0 Å². The highest BCUT2D eigenvalue weighted by atomic mass is 32.2. The molecule has 0 aliphatic rings. The molecule has 0 atom stereocenters. The summed E-state index contributed by atoms with van der Waals surface area (Å²) in [5, 5.41) is 2.49. The molecule has 2 N–H and O–H groups in total. The summed E-state index contributed by atoms with van der Waals surface area (Å²) in [5.41, 5.74) is 0.142. The van der Waals surface area contributed by atoms with Crippen LogP contribution >= 0.6 is 0 Å². The van der Waals surface area contributed by atoms with E-state index < -0.39 is 21.7 Å².